The summed E-state index contributed by atoms with van der Waals surface area (Å²) in [5, 5.41) is 21.7. The smallest absolute Gasteiger partial charge is 0.320 e. The van der Waals surface area contributed by atoms with Gasteiger partial charge in [-0.25, -0.2) is 14.8 Å². The SMILES string of the molecule is CN1CCN(Cc2nc(NC(=O)N[C@H]3CC[C@@H](Oc4ccc5nnc(C(C)(C)C)n5c4)c4ccccc43)cc(C(C)(C)C)n2)C(=O)C1.O=CO. The molecule has 2 atom stereocenters. The molecule has 3 amide bonds. The van der Waals surface area contributed by atoms with E-state index in [4.69, 9.17) is 19.6 Å². The number of rotatable bonds is 6. The minimum atomic E-state index is -0.350. The molecule has 1 fully saturated rings. The molecule has 0 radical (unpaired) electrons. The van der Waals surface area contributed by atoms with Crippen LogP contribution in [0.4, 0.5) is 10.6 Å². The Balaban J connectivity index is 0.00000156. The number of likely N-dealkylation sites (N-methyl/N-ethyl adjacent to an activating group) is 1. The molecule has 1 aliphatic carbocycles. The Labute approximate surface area is 292 Å². The van der Waals surface area contributed by atoms with Crippen molar-refractivity contribution in [2.45, 2.75) is 83.9 Å². The molecule has 50 heavy (non-hydrogen) atoms. The van der Waals surface area contributed by atoms with Gasteiger partial charge in [-0.1, -0.05) is 65.8 Å². The second-order valence-corrected chi connectivity index (χ2v) is 14.8. The molecule has 14 nitrogen and oxygen atoms in total. The lowest BCUT2D eigenvalue weighted by molar-refractivity contribution is -0.136. The average Bonchev–Trinajstić information content (AvgIpc) is 3.48. The van der Waals surface area contributed by atoms with Crippen LogP contribution in [0.2, 0.25) is 0 Å². The number of carbonyl (C=O) groups excluding carboxylic acids is 2. The van der Waals surface area contributed by atoms with E-state index in [1.165, 1.54) is 0 Å². The van der Waals surface area contributed by atoms with Crippen molar-refractivity contribution in [3.8, 4) is 5.75 Å². The molecule has 2 aliphatic rings. The Kier molecular flexibility index (Phi) is 10.7. The topological polar surface area (TPSA) is 167 Å². The highest BCUT2D eigenvalue weighted by molar-refractivity contribution is 5.88. The van der Waals surface area contributed by atoms with Gasteiger partial charge in [0.25, 0.3) is 6.47 Å². The Morgan fingerprint density at radius 3 is 2.40 bits per heavy atom. The lowest BCUT2D eigenvalue weighted by Gasteiger charge is -2.32. The normalized spacial score (nSPS) is 18.1. The molecule has 3 N–H and O–H groups in total. The predicted molar refractivity (Wildman–Crippen MR) is 188 cm³/mol. The molecule has 266 valence electrons. The zero-order chi connectivity index (χ0) is 36.2. The minimum Gasteiger partial charge on any atom is -0.484 e. The number of urea groups is 1. The van der Waals surface area contributed by atoms with Crippen molar-refractivity contribution in [1.82, 2.24) is 39.7 Å². The van der Waals surface area contributed by atoms with E-state index >= 15 is 0 Å². The fraction of sp³-hybridized carbons (Fsp3) is 0.472. The fourth-order valence-corrected chi connectivity index (χ4v) is 6.13. The molecular weight excluding hydrogens is 638 g/mol. The van der Waals surface area contributed by atoms with E-state index in [1.807, 2.05) is 58.9 Å². The van der Waals surface area contributed by atoms with Gasteiger partial charge in [0, 0.05) is 30.0 Å². The molecule has 4 aromatic rings. The average molecular weight is 686 g/mol. The first kappa shape index (κ1) is 36.2. The third-order valence-corrected chi connectivity index (χ3v) is 8.69. The number of pyridine rings is 1. The fourth-order valence-electron chi connectivity index (χ4n) is 6.13. The Hall–Kier alpha value is -5.11. The van der Waals surface area contributed by atoms with Crippen molar-refractivity contribution in [3.63, 3.8) is 0 Å². The van der Waals surface area contributed by atoms with Crippen LogP contribution >= 0.6 is 0 Å². The quantitative estimate of drug-likeness (QED) is 0.238. The van der Waals surface area contributed by atoms with Crippen LogP contribution in [-0.4, -0.2) is 84.6 Å². The highest BCUT2D eigenvalue weighted by atomic mass is 16.5. The maximum Gasteiger partial charge on any atom is 0.320 e. The summed E-state index contributed by atoms with van der Waals surface area (Å²) in [5.41, 5.74) is 3.19. The first-order chi connectivity index (χ1) is 23.7. The van der Waals surface area contributed by atoms with Gasteiger partial charge in [-0.15, -0.1) is 10.2 Å². The third-order valence-electron chi connectivity index (χ3n) is 8.69. The molecule has 0 unspecified atom stereocenters. The lowest BCUT2D eigenvalue weighted by Crippen LogP contribution is -2.48. The number of hydrogen-bond donors (Lipinski definition) is 3. The Morgan fingerprint density at radius 2 is 1.72 bits per heavy atom. The zero-order valence-corrected chi connectivity index (χ0v) is 29.8. The molecule has 3 aromatic heterocycles. The Morgan fingerprint density at radius 1 is 1.00 bits per heavy atom. The number of aromatic nitrogens is 5. The van der Waals surface area contributed by atoms with Crippen molar-refractivity contribution in [2.75, 3.05) is 32.0 Å². The van der Waals surface area contributed by atoms with E-state index in [2.05, 4.69) is 73.4 Å². The van der Waals surface area contributed by atoms with E-state index in [1.54, 1.807) is 4.90 Å². The van der Waals surface area contributed by atoms with Crippen molar-refractivity contribution in [2.24, 2.45) is 0 Å². The van der Waals surface area contributed by atoms with Crippen molar-refractivity contribution < 1.29 is 24.2 Å². The van der Waals surface area contributed by atoms with Gasteiger partial charge >= 0.3 is 6.03 Å². The molecular formula is C36H47N9O5. The zero-order valence-electron chi connectivity index (χ0n) is 29.8. The summed E-state index contributed by atoms with van der Waals surface area (Å²) in [5.74, 6) is 2.56. The highest BCUT2D eigenvalue weighted by Gasteiger charge is 2.30. The number of carbonyl (C=O) groups is 3. The summed E-state index contributed by atoms with van der Waals surface area (Å²) in [6, 6.07) is 13.2. The summed E-state index contributed by atoms with van der Waals surface area (Å²) < 4.78 is 8.55. The molecule has 0 saturated carbocycles. The first-order valence-corrected chi connectivity index (χ1v) is 16.8. The van der Waals surface area contributed by atoms with Crippen LogP contribution < -0.4 is 15.4 Å². The van der Waals surface area contributed by atoms with Crippen LogP contribution in [-0.2, 0) is 27.0 Å². The van der Waals surface area contributed by atoms with Crippen LogP contribution in [0.15, 0.2) is 48.7 Å². The molecule has 14 heteroatoms. The van der Waals surface area contributed by atoms with Crippen LogP contribution in [0, 0.1) is 0 Å². The second-order valence-electron chi connectivity index (χ2n) is 14.8. The van der Waals surface area contributed by atoms with E-state index in [0.717, 1.165) is 47.0 Å². The molecule has 4 heterocycles. The maximum atomic E-state index is 13.4. The van der Waals surface area contributed by atoms with Crippen LogP contribution in [0.25, 0.3) is 5.65 Å². The first-order valence-electron chi connectivity index (χ1n) is 16.8. The van der Waals surface area contributed by atoms with E-state index < -0.39 is 0 Å². The standard InChI is InChI=1S/C35H45N9O3.CH2O2/c1-34(2,3)27-18-28(38-29(37-27)20-43-17-16-42(7)21-31(43)45)39-33(46)36-25-13-14-26(24-11-9-8-10-23(24)25)47-22-12-15-30-40-41-32(35(4,5)6)44(30)19-22;2-1-3/h8-12,15,18-19,25-26H,13-14,16-17,20-21H2,1-7H3,(H2,36,37,38,39,46);1H,(H,2,3)/t25-,26+;/m0./s1. The second kappa shape index (κ2) is 14.8. The molecule has 6 rings (SSSR count). The number of benzene rings is 1. The van der Waals surface area contributed by atoms with Crippen molar-refractivity contribution in [3.05, 3.63) is 77.1 Å². The van der Waals surface area contributed by atoms with Crippen LogP contribution in [0.1, 0.15) is 95.0 Å². The number of ether oxygens (including phenoxy) is 1. The number of amides is 3. The summed E-state index contributed by atoms with van der Waals surface area (Å²) in [7, 11) is 1.94. The monoisotopic (exact) mass is 685 g/mol. The molecule has 1 aliphatic heterocycles. The number of hydrogen-bond acceptors (Lipinski definition) is 9. The van der Waals surface area contributed by atoms with Crippen molar-refractivity contribution >= 4 is 29.9 Å². The van der Waals surface area contributed by atoms with Crippen LogP contribution in [0.3, 0.4) is 0 Å². The molecule has 0 spiro atoms. The van der Waals surface area contributed by atoms with Gasteiger partial charge in [0.05, 0.1) is 31.0 Å². The third kappa shape index (κ3) is 8.54. The highest BCUT2D eigenvalue weighted by Crippen LogP contribution is 2.39. The van der Waals surface area contributed by atoms with Gasteiger partial charge in [-0.3, -0.25) is 24.2 Å². The van der Waals surface area contributed by atoms with Crippen LogP contribution in [0.5, 0.6) is 5.75 Å². The summed E-state index contributed by atoms with van der Waals surface area (Å²) >= 11 is 0. The van der Waals surface area contributed by atoms with E-state index in [0.29, 0.717) is 37.7 Å². The summed E-state index contributed by atoms with van der Waals surface area (Å²) in [6.07, 6.45) is 3.21. The molecule has 0 bridgehead atoms. The van der Waals surface area contributed by atoms with Crippen molar-refractivity contribution in [1.29, 1.82) is 0 Å². The minimum absolute atomic E-state index is 0.0444. The van der Waals surface area contributed by atoms with Gasteiger partial charge in [0.1, 0.15) is 29.3 Å². The largest absolute Gasteiger partial charge is 0.484 e. The number of anilines is 1. The molecule has 1 saturated heterocycles. The van der Waals surface area contributed by atoms with E-state index in [-0.39, 0.29) is 41.4 Å². The van der Waals surface area contributed by atoms with E-state index in [9.17, 15) is 9.59 Å². The lowest BCUT2D eigenvalue weighted by atomic mass is 9.85. The number of fused-ring (bicyclic) bond motifs is 2. The maximum absolute atomic E-state index is 13.4. The number of nitrogens with one attached hydrogen (secondary N) is 2. The van der Waals surface area contributed by atoms with Gasteiger partial charge < -0.3 is 20.1 Å². The summed E-state index contributed by atoms with van der Waals surface area (Å²) in [4.78, 5) is 47.6. The van der Waals surface area contributed by atoms with Gasteiger partial charge in [0.2, 0.25) is 5.91 Å². The summed E-state index contributed by atoms with van der Waals surface area (Å²) in [6.45, 7) is 14.4. The number of nitrogens with zero attached hydrogens (tertiary/aromatic N) is 7. The van der Waals surface area contributed by atoms with Gasteiger partial charge in [-0.2, -0.15) is 0 Å². The predicted octanol–water partition coefficient (Wildman–Crippen LogP) is 4.87. The Bertz CT molecular complexity index is 1850. The molecule has 1 aromatic carbocycles. The van der Waals surface area contributed by atoms with Gasteiger partial charge in [0.15, 0.2) is 5.65 Å². The van der Waals surface area contributed by atoms with Gasteiger partial charge in [-0.05, 0) is 43.1 Å². The number of piperazine rings is 1. The number of carboxylic acid groups (broad SMARTS) is 1.